The summed E-state index contributed by atoms with van der Waals surface area (Å²) in [5.74, 6) is 9.99. The van der Waals surface area contributed by atoms with Crippen molar-refractivity contribution in [3.05, 3.63) is 39.4 Å². The number of nitrogen functional groups attached to an aromatic ring is 1. The van der Waals surface area contributed by atoms with Gasteiger partial charge in [-0.3, -0.25) is 23.6 Å². The Balaban J connectivity index is 1.17. The van der Waals surface area contributed by atoms with Crippen molar-refractivity contribution < 1.29 is 117 Å². The van der Waals surface area contributed by atoms with Gasteiger partial charge in [-0.1, -0.05) is 52.2 Å². The van der Waals surface area contributed by atoms with Crippen molar-refractivity contribution in [2.24, 2.45) is 16.5 Å². The van der Waals surface area contributed by atoms with Gasteiger partial charge in [0, 0.05) is 31.7 Å². The number of ketones is 1. The maximum atomic E-state index is 13.1. The number of carbonyl (C=O) groups excluding carboxylic acids is 1. The Hall–Kier alpha value is -2.92. The number of fused-ring (bicyclic) bond motifs is 2. The van der Waals surface area contributed by atoms with Gasteiger partial charge in [0.15, 0.2) is 11.4 Å². The number of nitrogens with zero attached hydrogens (tertiary/aromatic N) is 4. The zero-order valence-electron chi connectivity index (χ0n) is 37.4. The zero-order valence-corrected chi connectivity index (χ0v) is 44.4. The maximum Gasteiger partial charge on any atom is 0.490 e. The third-order valence-corrected chi connectivity index (χ3v) is 19.0. The number of carbonyl (C=O) groups is 1. The van der Waals surface area contributed by atoms with Crippen LogP contribution < -0.4 is 22.8 Å². The summed E-state index contributed by atoms with van der Waals surface area (Å²) in [5.41, 5.74) is 17.3. The number of nitrogens with two attached hydrogens (primary N) is 3. The fourth-order valence-electron chi connectivity index (χ4n) is 7.10. The van der Waals surface area contributed by atoms with E-state index >= 15 is 0 Å². The van der Waals surface area contributed by atoms with Gasteiger partial charge < -0.3 is 84.4 Å². The van der Waals surface area contributed by atoms with Crippen LogP contribution in [-0.2, 0) is 72.6 Å². The predicted octanol–water partition coefficient (Wildman–Crippen LogP) is 1.78. The molecule has 0 saturated carbocycles. The molecule has 6 unspecified atom stereocenters. The second-order valence-electron chi connectivity index (χ2n) is 15.0. The number of phosphoric acid groups is 6. The van der Waals surface area contributed by atoms with E-state index in [0.717, 1.165) is 21.6 Å². The fraction of sp³-hybridized carbons (Fsp3) is 0.500. The largest absolute Gasteiger partial charge is 0.490 e. The maximum absolute atomic E-state index is 13.1. The summed E-state index contributed by atoms with van der Waals surface area (Å²) in [4.78, 5) is 112. The number of nitrogens with one attached hydrogen (secondary N) is 1. The molecule has 74 heavy (non-hydrogen) atoms. The lowest BCUT2D eigenvalue weighted by Crippen LogP contribution is -2.29. The molecule has 0 aliphatic carbocycles. The van der Waals surface area contributed by atoms with Crippen LogP contribution in [0, 0.1) is 23.7 Å². The highest BCUT2D eigenvalue weighted by atomic mass is 33.1. The quantitative estimate of drug-likeness (QED) is 0.0212. The van der Waals surface area contributed by atoms with Crippen LogP contribution in [0.4, 0.5) is 11.8 Å². The molecule has 42 heteroatoms. The summed E-state index contributed by atoms with van der Waals surface area (Å²) >= 11 is 0. The molecule has 0 bridgehead atoms. The first kappa shape index (κ1) is 60.3. The number of rotatable bonds is 23. The second-order valence-corrected chi connectivity index (χ2v) is 26.2. The van der Waals surface area contributed by atoms with Crippen molar-refractivity contribution in [3.63, 3.8) is 0 Å². The minimum Gasteiger partial charge on any atom is -0.387 e. The molecule has 3 aromatic rings. The van der Waals surface area contributed by atoms with Crippen LogP contribution in [0.25, 0.3) is 11.0 Å². The molecule has 0 spiro atoms. The summed E-state index contributed by atoms with van der Waals surface area (Å²) in [6.45, 7) is -0.179. The lowest BCUT2D eigenvalue weighted by Gasteiger charge is -2.22. The number of aliphatic imine (C=N–C) groups is 1. The van der Waals surface area contributed by atoms with Gasteiger partial charge in [-0.2, -0.15) is 22.2 Å². The SMILES string of the molecule is CCC#Cc1cn([C@H]2CC(OCSSCOC3C[C@H](n4cc(C#CCN)c5c4N=C(N)CC5=O)O[C@@H]3COP(=O)(O)OP(=O)(O)OP(=O)(O)O)[C@@H](COP(=O)(O)OP(=O)(O)OP(=O)(O)O)O2)c2nc(N)[nH]c(=O)c12. The average molecular weight is 1210 g/mol. The lowest BCUT2D eigenvalue weighted by atomic mass is 10.0. The monoisotopic (exact) mass is 1210 g/mol. The first-order valence-corrected chi connectivity index (χ1v) is 31.9. The topological polar surface area (TPSA) is 520 Å². The van der Waals surface area contributed by atoms with E-state index in [0.29, 0.717) is 6.42 Å². The van der Waals surface area contributed by atoms with Crippen molar-refractivity contribution in [3.8, 4) is 23.7 Å². The Bertz CT molecular complexity index is 3140. The Morgan fingerprint density at radius 3 is 1.74 bits per heavy atom. The van der Waals surface area contributed by atoms with Crippen LogP contribution in [0.15, 0.2) is 22.2 Å². The molecule has 2 saturated heterocycles. The summed E-state index contributed by atoms with van der Waals surface area (Å²) < 4.78 is 124. The van der Waals surface area contributed by atoms with Gasteiger partial charge in [0.1, 0.15) is 48.2 Å². The number of hydrogen-bond acceptors (Lipinski definition) is 25. The van der Waals surface area contributed by atoms with Crippen molar-refractivity contribution in [1.29, 1.82) is 0 Å². The standard InChI is InChI=1S/C32H44N8O26P6S2/c1-2-3-5-18-12-40(30-28(18)31(42)38-32(35)37-30)26-10-21(23(62-26)14-60-70(51,52)66-72(55,56)64-68(46,47)48)58-16-74-73-15-57-20-9-25(39-11-17(6-4-7-33)27-19(41)8-24(34)36-29(27)39)61-22(20)13-59-69(49,50)65-71(53,54)63-67(43,44)45/h11-12,20-23,25-26H,2,7-10,13-16,33H2,1H3,(H2,34,36)(H,49,50)(H,51,52)(H,53,54)(H,55,56)(H2,43,44,45)(H2,46,47,48)(H3,35,37,38,42)/t20?,21?,22-,23-,25-,26-/m1/s1. The van der Waals surface area contributed by atoms with E-state index in [1.54, 1.807) is 6.92 Å². The highest BCUT2D eigenvalue weighted by molar-refractivity contribution is 8.76. The number of anilines is 1. The van der Waals surface area contributed by atoms with Crippen LogP contribution in [-0.4, -0.2) is 126 Å². The number of Topliss-reactive ketones (excluding diaryl/α,β-unsaturated/α-hetero) is 1. The van der Waals surface area contributed by atoms with Gasteiger partial charge >= 0.3 is 46.9 Å². The Morgan fingerprint density at radius 2 is 1.24 bits per heavy atom. The van der Waals surface area contributed by atoms with E-state index in [1.165, 1.54) is 21.5 Å². The third kappa shape index (κ3) is 16.8. The smallest absolute Gasteiger partial charge is 0.387 e. The molecule has 10 atom stereocenters. The molecule has 3 aromatic heterocycles. The predicted molar refractivity (Wildman–Crippen MR) is 254 cm³/mol. The van der Waals surface area contributed by atoms with E-state index in [-0.39, 0.29) is 83.0 Å². The van der Waals surface area contributed by atoms with Crippen LogP contribution in [0.5, 0.6) is 0 Å². The van der Waals surface area contributed by atoms with Crippen LogP contribution in [0.2, 0.25) is 0 Å². The number of aromatic amines is 1. The zero-order chi connectivity index (χ0) is 54.6. The summed E-state index contributed by atoms with van der Waals surface area (Å²) in [7, 11) is -32.5. The van der Waals surface area contributed by atoms with Gasteiger partial charge in [0.2, 0.25) is 5.95 Å². The Kier molecular flexibility index (Phi) is 19.9. The third-order valence-electron chi connectivity index (χ3n) is 9.66. The number of hydrogen-bond donors (Lipinski definition) is 12. The van der Waals surface area contributed by atoms with Gasteiger partial charge in [-0.05, 0) is 0 Å². The molecule has 6 rings (SSSR count). The van der Waals surface area contributed by atoms with Crippen molar-refractivity contribution >= 4 is 103 Å². The van der Waals surface area contributed by atoms with E-state index < -0.39 is 108 Å². The van der Waals surface area contributed by atoms with E-state index in [9.17, 15) is 56.6 Å². The normalized spacial score (nSPS) is 24.4. The molecular formula is C32H44N8O26P6S2. The van der Waals surface area contributed by atoms with E-state index in [4.69, 9.17) is 64.8 Å². The summed E-state index contributed by atoms with van der Waals surface area (Å²) in [6.07, 6.45) is -4.17. The Morgan fingerprint density at radius 1 is 0.743 bits per heavy atom. The molecule has 6 heterocycles. The lowest BCUT2D eigenvalue weighted by molar-refractivity contribution is -0.0527. The van der Waals surface area contributed by atoms with E-state index in [2.05, 4.69) is 55.9 Å². The number of amidine groups is 1. The minimum atomic E-state index is -5.90. The molecule has 2 fully saturated rings. The van der Waals surface area contributed by atoms with Gasteiger partial charge in [-0.15, -0.1) is 0 Å². The second kappa shape index (κ2) is 24.4. The van der Waals surface area contributed by atoms with Gasteiger partial charge in [-0.25, -0.2) is 32.4 Å². The molecule has 15 N–H and O–H groups in total. The fourth-order valence-corrected chi connectivity index (χ4v) is 14.5. The molecule has 34 nitrogen and oxygen atoms in total. The molecule has 0 amide bonds. The first-order valence-electron chi connectivity index (χ1n) is 20.4. The van der Waals surface area contributed by atoms with E-state index in [1.807, 2.05) is 0 Å². The summed E-state index contributed by atoms with van der Waals surface area (Å²) in [6, 6.07) is 0. The summed E-state index contributed by atoms with van der Waals surface area (Å²) in [5, 5.41) is 0.0442. The average Bonchev–Trinajstić information content (AvgIpc) is 4.02. The number of phosphoric ester groups is 2. The molecule has 0 aromatic carbocycles. The highest BCUT2D eigenvalue weighted by Gasteiger charge is 2.46. The van der Waals surface area contributed by atoms with Crippen LogP contribution in [0.3, 0.4) is 0 Å². The molecule has 3 aliphatic heterocycles. The number of aromatic nitrogens is 4. The van der Waals surface area contributed by atoms with Crippen molar-refractivity contribution in [2.75, 3.05) is 37.4 Å². The van der Waals surface area contributed by atoms with Crippen molar-refractivity contribution in [1.82, 2.24) is 19.1 Å². The van der Waals surface area contributed by atoms with Crippen LogP contribution in [0.1, 0.15) is 66.5 Å². The number of H-pyrrole nitrogens is 1. The van der Waals surface area contributed by atoms with Gasteiger partial charge in [0.05, 0.1) is 60.5 Å². The first-order chi connectivity index (χ1) is 34.4. The minimum absolute atomic E-state index is 0.0206. The van der Waals surface area contributed by atoms with Gasteiger partial charge in [0.25, 0.3) is 5.56 Å². The molecule has 0 radical (unpaired) electrons. The van der Waals surface area contributed by atoms with Crippen LogP contribution >= 0.6 is 68.5 Å². The molecule has 3 aliphatic rings. The molecular weight excluding hydrogens is 1160 g/mol. The molecule has 410 valence electrons. The van der Waals surface area contributed by atoms with Crippen molar-refractivity contribution in [2.45, 2.75) is 69.5 Å². The Labute approximate surface area is 423 Å². The highest BCUT2D eigenvalue weighted by Crippen LogP contribution is 2.67. The number of ether oxygens (including phenoxy) is 4.